The van der Waals surface area contributed by atoms with E-state index in [1.165, 1.54) is 25.7 Å². The number of aliphatic hydroxyl groups excluding tert-OH is 1. The van der Waals surface area contributed by atoms with E-state index < -0.39 is 0 Å². The topological polar surface area (TPSA) is 32.7 Å². The second kappa shape index (κ2) is 7.34. The third kappa shape index (κ3) is 4.94. The molecular formula is C14H29NO2. The molecule has 0 heterocycles. The van der Waals surface area contributed by atoms with Gasteiger partial charge in [0.1, 0.15) is 0 Å². The van der Waals surface area contributed by atoms with Crippen LogP contribution in [0.15, 0.2) is 0 Å². The highest BCUT2D eigenvalue weighted by molar-refractivity contribution is 4.87. The summed E-state index contributed by atoms with van der Waals surface area (Å²) in [4.78, 5) is 2.47. The summed E-state index contributed by atoms with van der Waals surface area (Å²) in [5.74, 6) is 0.670. The maximum Gasteiger partial charge on any atom is 0.0589 e. The van der Waals surface area contributed by atoms with Gasteiger partial charge in [0.2, 0.25) is 0 Å². The first-order valence-electron chi connectivity index (χ1n) is 6.94. The Kier molecular flexibility index (Phi) is 6.45. The summed E-state index contributed by atoms with van der Waals surface area (Å²) in [5, 5.41) is 9.67. The molecule has 0 aromatic rings. The average Bonchev–Trinajstić information content (AvgIpc) is 2.74. The summed E-state index contributed by atoms with van der Waals surface area (Å²) in [6, 6.07) is 0. The monoisotopic (exact) mass is 243 g/mol. The van der Waals surface area contributed by atoms with Crippen LogP contribution < -0.4 is 0 Å². The number of aliphatic hydroxyl groups is 1. The third-order valence-electron chi connectivity index (χ3n) is 3.79. The zero-order valence-corrected chi connectivity index (χ0v) is 11.7. The number of rotatable bonds is 8. The standard InChI is InChI=1S/C14H29NO2/c1-13(2)10-15(8-9-17-3)11-14(12-16)6-4-5-7-14/h13,16H,4-12H2,1-3H3. The Hall–Kier alpha value is -0.120. The van der Waals surface area contributed by atoms with Crippen LogP contribution in [0, 0.1) is 11.3 Å². The van der Waals surface area contributed by atoms with Gasteiger partial charge in [-0.05, 0) is 18.8 Å². The van der Waals surface area contributed by atoms with Crippen molar-refractivity contribution in [2.45, 2.75) is 39.5 Å². The van der Waals surface area contributed by atoms with Gasteiger partial charge < -0.3 is 14.7 Å². The Balaban J connectivity index is 2.50. The molecule has 102 valence electrons. The minimum absolute atomic E-state index is 0.169. The first-order valence-corrected chi connectivity index (χ1v) is 6.94. The second-order valence-corrected chi connectivity index (χ2v) is 5.99. The molecule has 1 rings (SSSR count). The van der Waals surface area contributed by atoms with Crippen molar-refractivity contribution in [3.05, 3.63) is 0 Å². The van der Waals surface area contributed by atoms with E-state index in [0.717, 1.165) is 26.2 Å². The van der Waals surface area contributed by atoms with E-state index in [4.69, 9.17) is 4.74 Å². The molecule has 3 nitrogen and oxygen atoms in total. The molecule has 0 saturated heterocycles. The predicted octanol–water partition coefficient (Wildman–Crippen LogP) is 2.14. The van der Waals surface area contributed by atoms with Gasteiger partial charge in [-0.1, -0.05) is 26.7 Å². The average molecular weight is 243 g/mol. The Labute approximate surface area is 106 Å². The normalized spacial score (nSPS) is 19.4. The summed E-state index contributed by atoms with van der Waals surface area (Å²) < 4.78 is 5.18. The Bertz CT molecular complexity index is 200. The highest BCUT2D eigenvalue weighted by Gasteiger charge is 2.34. The molecule has 1 aliphatic rings. The fourth-order valence-corrected chi connectivity index (χ4v) is 2.94. The van der Waals surface area contributed by atoms with Crippen LogP contribution in [0.3, 0.4) is 0 Å². The van der Waals surface area contributed by atoms with Gasteiger partial charge in [-0.3, -0.25) is 0 Å². The minimum atomic E-state index is 0.169. The van der Waals surface area contributed by atoms with Crippen LogP contribution in [0.25, 0.3) is 0 Å². The number of hydrogen-bond acceptors (Lipinski definition) is 3. The quantitative estimate of drug-likeness (QED) is 0.709. The Morgan fingerprint density at radius 3 is 2.41 bits per heavy atom. The van der Waals surface area contributed by atoms with Gasteiger partial charge in [0.15, 0.2) is 0 Å². The minimum Gasteiger partial charge on any atom is -0.396 e. The van der Waals surface area contributed by atoms with Crippen molar-refractivity contribution >= 4 is 0 Å². The molecule has 3 heteroatoms. The molecule has 0 radical (unpaired) electrons. The van der Waals surface area contributed by atoms with Crippen molar-refractivity contribution < 1.29 is 9.84 Å². The maximum atomic E-state index is 9.67. The number of ether oxygens (including phenoxy) is 1. The highest BCUT2D eigenvalue weighted by atomic mass is 16.5. The van der Waals surface area contributed by atoms with Crippen molar-refractivity contribution in [2.75, 3.05) is 40.0 Å². The molecule has 0 bridgehead atoms. The lowest BCUT2D eigenvalue weighted by molar-refractivity contribution is 0.0578. The van der Waals surface area contributed by atoms with E-state index in [1.807, 2.05) is 0 Å². The van der Waals surface area contributed by atoms with Crippen LogP contribution in [0.2, 0.25) is 0 Å². The molecule has 1 fully saturated rings. The lowest BCUT2D eigenvalue weighted by Gasteiger charge is -2.34. The van der Waals surface area contributed by atoms with Crippen LogP contribution in [0.1, 0.15) is 39.5 Å². The summed E-state index contributed by atoms with van der Waals surface area (Å²) in [7, 11) is 1.75. The molecule has 0 aromatic heterocycles. The van der Waals surface area contributed by atoms with Crippen molar-refractivity contribution in [1.29, 1.82) is 0 Å². The van der Waals surface area contributed by atoms with Gasteiger partial charge in [0.05, 0.1) is 6.61 Å². The van der Waals surface area contributed by atoms with Crippen molar-refractivity contribution in [3.63, 3.8) is 0 Å². The summed E-state index contributed by atoms with van der Waals surface area (Å²) in [6.45, 7) is 8.75. The molecule has 0 amide bonds. The molecule has 1 saturated carbocycles. The zero-order chi connectivity index (χ0) is 12.7. The van der Waals surface area contributed by atoms with E-state index >= 15 is 0 Å². The van der Waals surface area contributed by atoms with Gasteiger partial charge in [-0.15, -0.1) is 0 Å². The molecule has 1 aliphatic carbocycles. The van der Waals surface area contributed by atoms with Crippen LogP contribution in [-0.4, -0.2) is 50.0 Å². The summed E-state index contributed by atoms with van der Waals surface area (Å²) >= 11 is 0. The Morgan fingerprint density at radius 2 is 1.94 bits per heavy atom. The van der Waals surface area contributed by atoms with E-state index in [1.54, 1.807) is 7.11 Å². The number of hydrogen-bond donors (Lipinski definition) is 1. The van der Waals surface area contributed by atoms with E-state index in [2.05, 4.69) is 18.7 Å². The van der Waals surface area contributed by atoms with Crippen molar-refractivity contribution in [2.24, 2.45) is 11.3 Å². The molecule has 0 spiro atoms. The molecule has 1 N–H and O–H groups in total. The maximum absolute atomic E-state index is 9.67. The fraction of sp³-hybridized carbons (Fsp3) is 1.00. The molecule has 17 heavy (non-hydrogen) atoms. The van der Waals surface area contributed by atoms with E-state index in [0.29, 0.717) is 12.5 Å². The fourth-order valence-electron chi connectivity index (χ4n) is 2.94. The first kappa shape index (κ1) is 14.9. The predicted molar refractivity (Wildman–Crippen MR) is 71.1 cm³/mol. The van der Waals surface area contributed by atoms with Gasteiger partial charge >= 0.3 is 0 Å². The highest BCUT2D eigenvalue weighted by Crippen LogP contribution is 2.38. The van der Waals surface area contributed by atoms with Crippen LogP contribution >= 0.6 is 0 Å². The number of methoxy groups -OCH3 is 1. The molecule has 0 aromatic carbocycles. The van der Waals surface area contributed by atoms with Crippen LogP contribution in [-0.2, 0) is 4.74 Å². The van der Waals surface area contributed by atoms with Gasteiger partial charge in [-0.2, -0.15) is 0 Å². The molecule has 0 unspecified atom stereocenters. The summed E-state index contributed by atoms with van der Waals surface area (Å²) in [6.07, 6.45) is 4.93. The largest absolute Gasteiger partial charge is 0.396 e. The van der Waals surface area contributed by atoms with E-state index in [9.17, 15) is 5.11 Å². The molecule has 0 atom stereocenters. The van der Waals surface area contributed by atoms with E-state index in [-0.39, 0.29) is 5.41 Å². The molecule has 0 aliphatic heterocycles. The second-order valence-electron chi connectivity index (χ2n) is 5.99. The van der Waals surface area contributed by atoms with Crippen molar-refractivity contribution in [1.82, 2.24) is 4.90 Å². The van der Waals surface area contributed by atoms with Crippen LogP contribution in [0.4, 0.5) is 0 Å². The smallest absolute Gasteiger partial charge is 0.0589 e. The van der Waals surface area contributed by atoms with Gasteiger partial charge in [0.25, 0.3) is 0 Å². The Morgan fingerprint density at radius 1 is 1.29 bits per heavy atom. The lowest BCUT2D eigenvalue weighted by Crippen LogP contribution is -2.41. The van der Waals surface area contributed by atoms with Crippen molar-refractivity contribution in [3.8, 4) is 0 Å². The van der Waals surface area contributed by atoms with Gasteiger partial charge in [-0.25, -0.2) is 0 Å². The summed E-state index contributed by atoms with van der Waals surface area (Å²) in [5.41, 5.74) is 0.169. The molecular weight excluding hydrogens is 214 g/mol. The van der Waals surface area contributed by atoms with Gasteiger partial charge in [0, 0.05) is 38.8 Å². The first-order chi connectivity index (χ1) is 8.12. The van der Waals surface area contributed by atoms with Crippen LogP contribution in [0.5, 0.6) is 0 Å². The third-order valence-corrected chi connectivity index (χ3v) is 3.79. The number of nitrogens with zero attached hydrogens (tertiary/aromatic N) is 1. The lowest BCUT2D eigenvalue weighted by atomic mass is 9.86. The SMILES string of the molecule is COCCN(CC(C)C)CC1(CO)CCCC1. The zero-order valence-electron chi connectivity index (χ0n) is 11.7.